The third-order valence-electron chi connectivity index (χ3n) is 1.88. The number of hydrogen-bond acceptors (Lipinski definition) is 2. The summed E-state index contributed by atoms with van der Waals surface area (Å²) in [5.74, 6) is 0. The van der Waals surface area contributed by atoms with Crippen LogP contribution in [0.5, 0.6) is 0 Å². The topological polar surface area (TPSA) is 40.2 Å². The van der Waals surface area contributed by atoms with Crippen molar-refractivity contribution in [2.75, 3.05) is 12.8 Å². The average molecular weight is 162 g/mol. The summed E-state index contributed by atoms with van der Waals surface area (Å²) in [4.78, 5) is 5.08. The number of benzene rings is 1. The molecule has 0 amide bonds. The van der Waals surface area contributed by atoms with Gasteiger partial charge in [-0.1, -0.05) is 6.07 Å². The van der Waals surface area contributed by atoms with Gasteiger partial charge in [0.05, 0.1) is 5.52 Å². The second-order valence-electron chi connectivity index (χ2n) is 2.64. The zero-order valence-corrected chi connectivity index (χ0v) is 6.82. The molecule has 0 radical (unpaired) electrons. The average Bonchev–Trinajstić information content (AvgIpc) is 2.46. The summed E-state index contributed by atoms with van der Waals surface area (Å²) in [6.45, 7) is 0. The Morgan fingerprint density at radius 3 is 2.92 bits per heavy atom. The molecule has 0 aliphatic heterocycles. The highest BCUT2D eigenvalue weighted by atomic mass is 16.6. The summed E-state index contributed by atoms with van der Waals surface area (Å²) >= 11 is 0. The van der Waals surface area contributed by atoms with Gasteiger partial charge in [0, 0.05) is 17.3 Å². The number of nitrogen functional groups attached to an aromatic ring is 1. The minimum absolute atomic E-state index is 0.750. The molecule has 0 atom stereocenters. The van der Waals surface area contributed by atoms with E-state index >= 15 is 0 Å². The summed E-state index contributed by atoms with van der Waals surface area (Å²) in [7, 11) is 1.63. The lowest BCUT2D eigenvalue weighted by Crippen LogP contribution is -2.02. The van der Waals surface area contributed by atoms with Gasteiger partial charge in [0.2, 0.25) is 0 Å². The van der Waals surface area contributed by atoms with E-state index in [0.717, 1.165) is 16.6 Å². The van der Waals surface area contributed by atoms with Gasteiger partial charge in [0.15, 0.2) is 0 Å². The van der Waals surface area contributed by atoms with Crippen LogP contribution in [0.4, 0.5) is 5.69 Å². The van der Waals surface area contributed by atoms with E-state index in [9.17, 15) is 0 Å². The second kappa shape index (κ2) is 2.44. The maximum atomic E-state index is 5.64. The van der Waals surface area contributed by atoms with E-state index in [1.165, 1.54) is 0 Å². The molecule has 0 bridgehead atoms. The zero-order valence-electron chi connectivity index (χ0n) is 6.82. The largest absolute Gasteiger partial charge is 0.417 e. The summed E-state index contributed by atoms with van der Waals surface area (Å²) in [5.41, 5.74) is 7.38. The van der Waals surface area contributed by atoms with Crippen molar-refractivity contribution in [1.29, 1.82) is 0 Å². The van der Waals surface area contributed by atoms with E-state index in [0.29, 0.717) is 0 Å². The van der Waals surface area contributed by atoms with Crippen molar-refractivity contribution in [3.63, 3.8) is 0 Å². The molecular formula is C9H10N2O. The smallest absolute Gasteiger partial charge is 0.104 e. The van der Waals surface area contributed by atoms with Crippen LogP contribution >= 0.6 is 0 Å². The van der Waals surface area contributed by atoms with E-state index in [1.54, 1.807) is 11.8 Å². The monoisotopic (exact) mass is 162 g/mol. The minimum Gasteiger partial charge on any atom is -0.417 e. The fraction of sp³-hybridized carbons (Fsp3) is 0.111. The van der Waals surface area contributed by atoms with Crippen LogP contribution in [0.25, 0.3) is 10.9 Å². The highest BCUT2D eigenvalue weighted by Crippen LogP contribution is 2.17. The van der Waals surface area contributed by atoms with E-state index < -0.39 is 0 Å². The molecule has 0 fully saturated rings. The third kappa shape index (κ3) is 0.906. The first-order valence-corrected chi connectivity index (χ1v) is 3.72. The van der Waals surface area contributed by atoms with Gasteiger partial charge in [-0.2, -0.15) is 4.73 Å². The Kier molecular flexibility index (Phi) is 1.43. The Morgan fingerprint density at radius 1 is 1.33 bits per heavy atom. The van der Waals surface area contributed by atoms with Gasteiger partial charge in [-0.15, -0.1) is 0 Å². The van der Waals surface area contributed by atoms with Crippen LogP contribution in [0.1, 0.15) is 0 Å². The maximum absolute atomic E-state index is 5.64. The molecule has 0 spiro atoms. The van der Waals surface area contributed by atoms with Crippen molar-refractivity contribution >= 4 is 16.6 Å². The molecule has 2 rings (SSSR count). The molecule has 0 saturated heterocycles. The zero-order chi connectivity index (χ0) is 8.55. The lowest BCUT2D eigenvalue weighted by atomic mass is 10.2. The van der Waals surface area contributed by atoms with E-state index in [2.05, 4.69) is 0 Å². The predicted octanol–water partition coefficient (Wildman–Crippen LogP) is 1.28. The van der Waals surface area contributed by atoms with E-state index in [-0.39, 0.29) is 0 Å². The first-order valence-electron chi connectivity index (χ1n) is 3.72. The molecular weight excluding hydrogens is 152 g/mol. The van der Waals surface area contributed by atoms with Crippen LogP contribution < -0.4 is 10.6 Å². The molecule has 3 nitrogen and oxygen atoms in total. The molecule has 2 N–H and O–H groups in total. The molecule has 12 heavy (non-hydrogen) atoms. The Balaban J connectivity index is 2.75. The third-order valence-corrected chi connectivity index (χ3v) is 1.88. The number of anilines is 1. The fourth-order valence-corrected chi connectivity index (χ4v) is 1.28. The van der Waals surface area contributed by atoms with Crippen LogP contribution in [-0.4, -0.2) is 11.8 Å². The maximum Gasteiger partial charge on any atom is 0.104 e. The summed E-state index contributed by atoms with van der Waals surface area (Å²) in [6, 6.07) is 7.72. The Bertz CT molecular complexity index is 406. The second-order valence-corrected chi connectivity index (χ2v) is 2.64. The van der Waals surface area contributed by atoms with Gasteiger partial charge in [-0.05, 0) is 18.2 Å². The summed E-state index contributed by atoms with van der Waals surface area (Å²) in [5, 5.41) is 1.13. The van der Waals surface area contributed by atoms with E-state index in [4.69, 9.17) is 10.6 Å². The highest BCUT2D eigenvalue weighted by Gasteiger charge is 1.99. The van der Waals surface area contributed by atoms with Gasteiger partial charge in [0.25, 0.3) is 0 Å². The first kappa shape index (κ1) is 7.03. The normalized spacial score (nSPS) is 10.4. The van der Waals surface area contributed by atoms with Gasteiger partial charge < -0.3 is 10.6 Å². The number of nitrogens with two attached hydrogens (primary N) is 1. The summed E-state index contributed by atoms with van der Waals surface area (Å²) < 4.78 is 1.69. The molecule has 0 saturated carbocycles. The van der Waals surface area contributed by atoms with Crippen molar-refractivity contribution in [3.05, 3.63) is 30.5 Å². The standard InChI is InChI=1S/C9H10N2O/c1-12-11-5-4-7-2-3-8(10)6-9(7)11/h2-6H,10H2,1H3. The van der Waals surface area contributed by atoms with E-state index in [1.807, 2.05) is 30.5 Å². The van der Waals surface area contributed by atoms with Crippen LogP contribution in [0.15, 0.2) is 30.5 Å². The van der Waals surface area contributed by atoms with Crippen LogP contribution in [0, 0.1) is 0 Å². The Labute approximate surface area is 70.3 Å². The van der Waals surface area contributed by atoms with Gasteiger partial charge in [-0.25, -0.2) is 0 Å². The van der Waals surface area contributed by atoms with Crippen molar-refractivity contribution in [2.45, 2.75) is 0 Å². The molecule has 62 valence electrons. The molecule has 1 aromatic heterocycles. The number of nitrogens with zero attached hydrogens (tertiary/aromatic N) is 1. The number of aromatic nitrogens is 1. The van der Waals surface area contributed by atoms with Crippen LogP contribution in [0.3, 0.4) is 0 Å². The van der Waals surface area contributed by atoms with Gasteiger partial charge in [-0.3, -0.25) is 0 Å². The molecule has 0 unspecified atom stereocenters. The quantitative estimate of drug-likeness (QED) is 0.642. The molecule has 1 aromatic carbocycles. The molecule has 2 aromatic rings. The lowest BCUT2D eigenvalue weighted by molar-refractivity contribution is 0.179. The summed E-state index contributed by atoms with van der Waals surface area (Å²) in [6.07, 6.45) is 1.87. The molecule has 0 aliphatic carbocycles. The minimum atomic E-state index is 0.750. The molecule has 1 heterocycles. The van der Waals surface area contributed by atoms with Crippen LogP contribution in [-0.2, 0) is 0 Å². The molecule has 0 aliphatic rings. The predicted molar refractivity (Wildman–Crippen MR) is 48.9 cm³/mol. The first-order chi connectivity index (χ1) is 5.81. The van der Waals surface area contributed by atoms with Gasteiger partial charge in [0.1, 0.15) is 7.11 Å². The highest BCUT2D eigenvalue weighted by molar-refractivity contribution is 5.82. The van der Waals surface area contributed by atoms with Crippen molar-refractivity contribution in [3.8, 4) is 0 Å². The fourth-order valence-electron chi connectivity index (χ4n) is 1.28. The van der Waals surface area contributed by atoms with Crippen molar-refractivity contribution < 1.29 is 4.84 Å². The number of hydrogen-bond donors (Lipinski definition) is 1. The molecule has 3 heteroatoms. The number of rotatable bonds is 1. The Hall–Kier alpha value is -1.64. The van der Waals surface area contributed by atoms with Crippen molar-refractivity contribution in [2.24, 2.45) is 0 Å². The SMILES string of the molecule is COn1ccc2ccc(N)cc21. The van der Waals surface area contributed by atoms with Crippen LogP contribution in [0.2, 0.25) is 0 Å². The number of fused-ring (bicyclic) bond motifs is 1. The Morgan fingerprint density at radius 2 is 2.17 bits per heavy atom. The lowest BCUT2D eigenvalue weighted by Gasteiger charge is -2.01. The van der Waals surface area contributed by atoms with Crippen molar-refractivity contribution in [1.82, 2.24) is 4.73 Å². The van der Waals surface area contributed by atoms with Gasteiger partial charge >= 0.3 is 0 Å².